The predicted molar refractivity (Wildman–Crippen MR) is 63.3 cm³/mol. The molecule has 1 aromatic heterocycles. The Morgan fingerprint density at radius 1 is 1.41 bits per heavy atom. The van der Waals surface area contributed by atoms with E-state index in [1.54, 1.807) is 18.2 Å². The van der Waals surface area contributed by atoms with Crippen molar-refractivity contribution in [3.05, 3.63) is 35.7 Å². The number of nitrogens with zero attached hydrogens (tertiary/aromatic N) is 3. The van der Waals surface area contributed by atoms with Gasteiger partial charge in [0.05, 0.1) is 5.56 Å². The zero-order valence-corrected chi connectivity index (χ0v) is 10.2. The molecule has 1 heterocycles. The van der Waals surface area contributed by atoms with Gasteiger partial charge in [-0.1, -0.05) is 6.07 Å². The standard InChI is InChI=1S/C11H11N3O2S/c1-7-12-13-11(14(7)2)17-9-5-3-4-8(6-9)10(15)16/h3-6H,1-2H3,(H,15,16). The molecule has 0 unspecified atom stereocenters. The lowest BCUT2D eigenvalue weighted by molar-refractivity contribution is 0.0696. The summed E-state index contributed by atoms with van der Waals surface area (Å²) in [6.45, 7) is 1.87. The van der Waals surface area contributed by atoms with E-state index in [0.717, 1.165) is 15.9 Å². The summed E-state index contributed by atoms with van der Waals surface area (Å²) in [5, 5.41) is 17.6. The summed E-state index contributed by atoms with van der Waals surface area (Å²) in [6, 6.07) is 6.75. The lowest BCUT2D eigenvalue weighted by Gasteiger charge is -2.02. The second-order valence-corrected chi connectivity index (χ2v) is 4.56. The number of aromatic carboxylic acids is 1. The predicted octanol–water partition coefficient (Wildman–Crippen LogP) is 1.97. The Labute approximate surface area is 102 Å². The largest absolute Gasteiger partial charge is 0.478 e. The molecule has 5 nitrogen and oxygen atoms in total. The minimum Gasteiger partial charge on any atom is -0.478 e. The van der Waals surface area contributed by atoms with Crippen molar-refractivity contribution in [1.82, 2.24) is 14.8 Å². The fourth-order valence-electron chi connectivity index (χ4n) is 1.27. The van der Waals surface area contributed by atoms with Gasteiger partial charge >= 0.3 is 5.97 Å². The summed E-state index contributed by atoms with van der Waals surface area (Å²) >= 11 is 1.39. The van der Waals surface area contributed by atoms with E-state index in [1.807, 2.05) is 24.6 Å². The zero-order valence-electron chi connectivity index (χ0n) is 9.41. The van der Waals surface area contributed by atoms with E-state index in [0.29, 0.717) is 0 Å². The molecule has 6 heteroatoms. The zero-order chi connectivity index (χ0) is 12.4. The maximum absolute atomic E-state index is 10.8. The molecule has 1 aromatic carbocycles. The van der Waals surface area contributed by atoms with Crippen LogP contribution in [0.25, 0.3) is 0 Å². The van der Waals surface area contributed by atoms with Crippen LogP contribution in [0.3, 0.4) is 0 Å². The van der Waals surface area contributed by atoms with Crippen molar-refractivity contribution in [2.75, 3.05) is 0 Å². The number of hydrogen-bond donors (Lipinski definition) is 1. The number of carboxylic acid groups (broad SMARTS) is 1. The normalized spacial score (nSPS) is 10.5. The van der Waals surface area contributed by atoms with Crippen LogP contribution in [0.4, 0.5) is 0 Å². The van der Waals surface area contributed by atoms with Crippen molar-refractivity contribution in [3.63, 3.8) is 0 Å². The SMILES string of the molecule is Cc1nnc(Sc2cccc(C(=O)O)c2)n1C. The molecule has 0 amide bonds. The third-order valence-corrected chi connectivity index (χ3v) is 3.37. The number of aromatic nitrogens is 3. The molecular formula is C11H11N3O2S. The highest BCUT2D eigenvalue weighted by Crippen LogP contribution is 2.26. The number of rotatable bonds is 3. The molecule has 0 aliphatic carbocycles. The first kappa shape index (κ1) is 11.7. The average molecular weight is 249 g/mol. The molecule has 17 heavy (non-hydrogen) atoms. The Morgan fingerprint density at radius 3 is 2.76 bits per heavy atom. The molecule has 2 rings (SSSR count). The maximum atomic E-state index is 10.8. The monoisotopic (exact) mass is 249 g/mol. The van der Waals surface area contributed by atoms with Crippen molar-refractivity contribution in [2.45, 2.75) is 17.0 Å². The first-order valence-corrected chi connectivity index (χ1v) is 5.77. The van der Waals surface area contributed by atoms with E-state index in [4.69, 9.17) is 5.11 Å². The van der Waals surface area contributed by atoms with Crippen LogP contribution in [0.15, 0.2) is 34.3 Å². The van der Waals surface area contributed by atoms with Gasteiger partial charge in [-0.15, -0.1) is 10.2 Å². The van der Waals surface area contributed by atoms with E-state index < -0.39 is 5.97 Å². The maximum Gasteiger partial charge on any atom is 0.335 e. The third kappa shape index (κ3) is 2.47. The van der Waals surface area contributed by atoms with Gasteiger partial charge in [0, 0.05) is 11.9 Å². The van der Waals surface area contributed by atoms with Gasteiger partial charge in [-0.25, -0.2) is 4.79 Å². The first-order valence-electron chi connectivity index (χ1n) is 4.95. The van der Waals surface area contributed by atoms with Gasteiger partial charge in [-0.2, -0.15) is 0 Å². The second kappa shape index (κ2) is 4.58. The van der Waals surface area contributed by atoms with Gasteiger partial charge in [0.1, 0.15) is 5.82 Å². The van der Waals surface area contributed by atoms with Gasteiger partial charge in [0.25, 0.3) is 0 Å². The molecule has 2 aromatic rings. The van der Waals surface area contributed by atoms with Crippen molar-refractivity contribution in [2.24, 2.45) is 7.05 Å². The van der Waals surface area contributed by atoms with Crippen LogP contribution >= 0.6 is 11.8 Å². The number of aryl methyl sites for hydroxylation is 1. The summed E-state index contributed by atoms with van der Waals surface area (Å²) < 4.78 is 1.86. The Kier molecular flexibility index (Phi) is 3.14. The van der Waals surface area contributed by atoms with Gasteiger partial charge < -0.3 is 9.67 Å². The summed E-state index contributed by atoms with van der Waals surface area (Å²) in [5.41, 5.74) is 0.272. The molecule has 1 N–H and O–H groups in total. The minimum atomic E-state index is -0.929. The highest BCUT2D eigenvalue weighted by Gasteiger charge is 2.09. The summed E-state index contributed by atoms with van der Waals surface area (Å²) in [4.78, 5) is 11.7. The van der Waals surface area contributed by atoms with Crippen LogP contribution < -0.4 is 0 Å². The molecule has 0 aliphatic rings. The van der Waals surface area contributed by atoms with Gasteiger partial charge in [-0.05, 0) is 36.9 Å². The topological polar surface area (TPSA) is 68.0 Å². The van der Waals surface area contributed by atoms with Gasteiger partial charge in [0.15, 0.2) is 5.16 Å². The average Bonchev–Trinajstić information content (AvgIpc) is 2.61. The Bertz CT molecular complexity index is 566. The second-order valence-electron chi connectivity index (χ2n) is 3.52. The molecule has 88 valence electrons. The van der Waals surface area contributed by atoms with Crippen LogP contribution in [0.2, 0.25) is 0 Å². The number of carboxylic acids is 1. The molecular weight excluding hydrogens is 238 g/mol. The smallest absolute Gasteiger partial charge is 0.335 e. The quantitative estimate of drug-likeness (QED) is 0.900. The minimum absolute atomic E-state index is 0.272. The number of carbonyl (C=O) groups is 1. The van der Waals surface area contributed by atoms with Crippen molar-refractivity contribution < 1.29 is 9.90 Å². The first-order chi connectivity index (χ1) is 8.08. The highest BCUT2D eigenvalue weighted by molar-refractivity contribution is 7.99. The van der Waals surface area contributed by atoms with Crippen molar-refractivity contribution in [3.8, 4) is 0 Å². The van der Waals surface area contributed by atoms with Crippen LogP contribution in [0, 0.1) is 6.92 Å². The summed E-state index contributed by atoms with van der Waals surface area (Å²) in [6.07, 6.45) is 0. The van der Waals surface area contributed by atoms with Crippen molar-refractivity contribution in [1.29, 1.82) is 0 Å². The highest BCUT2D eigenvalue weighted by atomic mass is 32.2. The van der Waals surface area contributed by atoms with E-state index in [9.17, 15) is 4.79 Å². The fraction of sp³-hybridized carbons (Fsp3) is 0.182. The van der Waals surface area contributed by atoms with Gasteiger partial charge in [-0.3, -0.25) is 0 Å². The molecule has 0 atom stereocenters. The number of hydrogen-bond acceptors (Lipinski definition) is 4. The molecule has 0 saturated heterocycles. The molecule has 0 bridgehead atoms. The molecule has 0 radical (unpaired) electrons. The van der Waals surface area contributed by atoms with E-state index in [-0.39, 0.29) is 5.56 Å². The van der Waals surface area contributed by atoms with E-state index >= 15 is 0 Å². The summed E-state index contributed by atoms with van der Waals surface area (Å²) in [7, 11) is 1.87. The van der Waals surface area contributed by atoms with Crippen LogP contribution in [0.5, 0.6) is 0 Å². The molecule has 0 aliphatic heterocycles. The summed E-state index contributed by atoms with van der Waals surface area (Å²) in [5.74, 6) is -0.108. The van der Waals surface area contributed by atoms with Crippen LogP contribution in [-0.4, -0.2) is 25.8 Å². The Morgan fingerprint density at radius 2 is 2.18 bits per heavy atom. The van der Waals surface area contributed by atoms with Crippen molar-refractivity contribution >= 4 is 17.7 Å². The molecule has 0 fully saturated rings. The Hall–Kier alpha value is -1.82. The van der Waals surface area contributed by atoms with E-state index in [2.05, 4.69) is 10.2 Å². The lowest BCUT2D eigenvalue weighted by atomic mass is 10.2. The number of benzene rings is 1. The fourth-order valence-corrected chi connectivity index (χ4v) is 2.17. The van der Waals surface area contributed by atoms with Crippen LogP contribution in [-0.2, 0) is 7.05 Å². The van der Waals surface area contributed by atoms with E-state index in [1.165, 1.54) is 11.8 Å². The van der Waals surface area contributed by atoms with Gasteiger partial charge in [0.2, 0.25) is 0 Å². The molecule has 0 saturated carbocycles. The molecule has 0 spiro atoms. The third-order valence-electron chi connectivity index (χ3n) is 2.34. The lowest BCUT2D eigenvalue weighted by Crippen LogP contribution is -1.96. The van der Waals surface area contributed by atoms with Crippen LogP contribution in [0.1, 0.15) is 16.2 Å². The Balaban J connectivity index is 2.27.